The van der Waals surface area contributed by atoms with Gasteiger partial charge in [-0.05, 0) is 6.07 Å². The van der Waals surface area contributed by atoms with E-state index < -0.39 is 11.6 Å². The molecule has 2 aromatic rings. The van der Waals surface area contributed by atoms with Crippen molar-refractivity contribution < 1.29 is 8.78 Å². The van der Waals surface area contributed by atoms with Gasteiger partial charge < -0.3 is 5.32 Å². The number of rotatable bonds is 3. The van der Waals surface area contributed by atoms with Gasteiger partial charge in [-0.15, -0.1) is 0 Å². The molecule has 0 aliphatic rings. The largest absolute Gasteiger partial charge is 0.362 e. The van der Waals surface area contributed by atoms with Gasteiger partial charge in [0.1, 0.15) is 5.82 Å². The number of hydrogen-bond acceptors (Lipinski definition) is 3. The number of pyridine rings is 1. The Morgan fingerprint density at radius 2 is 2.25 bits per heavy atom. The van der Waals surface area contributed by atoms with E-state index in [1.165, 1.54) is 0 Å². The molecule has 84 valence electrons. The Morgan fingerprint density at radius 3 is 2.88 bits per heavy atom. The van der Waals surface area contributed by atoms with E-state index >= 15 is 0 Å². The maximum Gasteiger partial charge on any atom is 0.168 e. The van der Waals surface area contributed by atoms with Crippen LogP contribution in [0.1, 0.15) is 5.69 Å². The van der Waals surface area contributed by atoms with Crippen LogP contribution in [0.2, 0.25) is 0 Å². The molecule has 0 saturated heterocycles. The first-order valence-electron chi connectivity index (χ1n) is 4.68. The zero-order valence-electron chi connectivity index (χ0n) is 8.61. The maximum atomic E-state index is 13.2. The predicted octanol–water partition coefficient (Wildman–Crippen LogP) is 1.71. The molecule has 2 rings (SSSR count). The van der Waals surface area contributed by atoms with Crippen LogP contribution in [0.15, 0.2) is 24.5 Å². The number of aromatic nitrogens is 3. The van der Waals surface area contributed by atoms with Crippen LogP contribution < -0.4 is 5.32 Å². The smallest absolute Gasteiger partial charge is 0.168 e. The second-order valence-electron chi connectivity index (χ2n) is 3.32. The van der Waals surface area contributed by atoms with Crippen LogP contribution in [-0.2, 0) is 13.6 Å². The van der Waals surface area contributed by atoms with Gasteiger partial charge in [0.15, 0.2) is 11.6 Å². The van der Waals surface area contributed by atoms with E-state index in [0.29, 0.717) is 6.54 Å². The molecule has 1 N–H and O–H groups in total. The van der Waals surface area contributed by atoms with Gasteiger partial charge in [-0.3, -0.25) is 4.68 Å². The predicted molar refractivity (Wildman–Crippen MR) is 54.7 cm³/mol. The molecule has 2 heterocycles. The summed E-state index contributed by atoms with van der Waals surface area (Å²) in [5.41, 5.74) is 0.757. The maximum absolute atomic E-state index is 13.2. The Bertz CT molecular complexity index is 495. The standard InChI is InChI=1S/C10H10F2N4/c1-16-3-2-8(15-16)6-14-10-9(12)4-7(11)5-13-10/h2-5H,6H2,1H3,(H,13,14). The summed E-state index contributed by atoms with van der Waals surface area (Å²) < 4.78 is 27.4. The zero-order valence-corrected chi connectivity index (χ0v) is 8.61. The highest BCUT2D eigenvalue weighted by molar-refractivity contribution is 5.36. The lowest BCUT2D eigenvalue weighted by molar-refractivity contribution is 0.575. The van der Waals surface area contributed by atoms with E-state index in [1.807, 2.05) is 0 Å². The van der Waals surface area contributed by atoms with E-state index in [9.17, 15) is 8.78 Å². The first kappa shape index (κ1) is 10.5. The fourth-order valence-electron chi connectivity index (χ4n) is 1.28. The molecule has 0 aromatic carbocycles. The molecular formula is C10H10F2N4. The number of hydrogen-bond donors (Lipinski definition) is 1. The summed E-state index contributed by atoms with van der Waals surface area (Å²) in [5.74, 6) is -1.39. The molecule has 2 aromatic heterocycles. The molecule has 0 atom stereocenters. The third-order valence-corrected chi connectivity index (χ3v) is 2.01. The number of aryl methyl sites for hydroxylation is 1. The molecular weight excluding hydrogens is 214 g/mol. The summed E-state index contributed by atoms with van der Waals surface area (Å²) >= 11 is 0. The SMILES string of the molecule is Cn1ccc(CNc2ncc(F)cc2F)n1. The van der Waals surface area contributed by atoms with E-state index in [-0.39, 0.29) is 5.82 Å². The fourth-order valence-corrected chi connectivity index (χ4v) is 1.28. The van der Waals surface area contributed by atoms with Crippen LogP contribution in [0, 0.1) is 11.6 Å². The van der Waals surface area contributed by atoms with E-state index in [2.05, 4.69) is 15.4 Å². The lowest BCUT2D eigenvalue weighted by Crippen LogP contribution is -2.05. The molecule has 0 unspecified atom stereocenters. The summed E-state index contributed by atoms with van der Waals surface area (Å²) in [7, 11) is 1.79. The highest BCUT2D eigenvalue weighted by Crippen LogP contribution is 2.11. The first-order valence-corrected chi connectivity index (χ1v) is 4.68. The van der Waals surface area contributed by atoms with Crippen LogP contribution in [0.3, 0.4) is 0 Å². The van der Waals surface area contributed by atoms with Crippen molar-refractivity contribution in [1.29, 1.82) is 0 Å². The van der Waals surface area contributed by atoms with Gasteiger partial charge in [-0.25, -0.2) is 13.8 Å². The average Bonchev–Trinajstić information content (AvgIpc) is 2.63. The van der Waals surface area contributed by atoms with E-state index in [1.54, 1.807) is 24.0 Å². The molecule has 0 fully saturated rings. The summed E-state index contributed by atoms with van der Waals surface area (Å²) in [6.45, 7) is 0.344. The Hall–Kier alpha value is -1.98. The Balaban J connectivity index is 2.04. The molecule has 0 aliphatic carbocycles. The summed E-state index contributed by atoms with van der Waals surface area (Å²) in [4.78, 5) is 3.60. The van der Waals surface area contributed by atoms with Crippen molar-refractivity contribution in [2.75, 3.05) is 5.32 Å². The monoisotopic (exact) mass is 224 g/mol. The normalized spacial score (nSPS) is 10.4. The Labute approximate surface area is 90.9 Å². The van der Waals surface area contributed by atoms with Gasteiger partial charge in [0, 0.05) is 19.3 Å². The average molecular weight is 224 g/mol. The highest BCUT2D eigenvalue weighted by Gasteiger charge is 2.05. The van der Waals surface area contributed by atoms with E-state index in [0.717, 1.165) is 18.0 Å². The molecule has 6 heteroatoms. The first-order chi connectivity index (χ1) is 7.65. The molecule has 0 saturated carbocycles. The quantitative estimate of drug-likeness (QED) is 0.863. The zero-order chi connectivity index (χ0) is 11.5. The van der Waals surface area contributed by atoms with Crippen LogP contribution in [0.5, 0.6) is 0 Å². The van der Waals surface area contributed by atoms with Crippen molar-refractivity contribution in [3.05, 3.63) is 41.9 Å². The summed E-state index contributed by atoms with van der Waals surface area (Å²) in [6, 6.07) is 2.59. The summed E-state index contributed by atoms with van der Waals surface area (Å²) in [5, 5.41) is 6.84. The molecule has 0 aliphatic heterocycles. The topological polar surface area (TPSA) is 42.7 Å². The van der Waals surface area contributed by atoms with Gasteiger partial charge in [-0.2, -0.15) is 5.10 Å². The van der Waals surface area contributed by atoms with Crippen molar-refractivity contribution >= 4 is 5.82 Å². The van der Waals surface area contributed by atoms with Crippen molar-refractivity contribution in [2.24, 2.45) is 7.05 Å². The highest BCUT2D eigenvalue weighted by atomic mass is 19.1. The molecule has 0 spiro atoms. The minimum atomic E-state index is -0.712. The lowest BCUT2D eigenvalue weighted by atomic mass is 10.4. The van der Waals surface area contributed by atoms with Crippen LogP contribution >= 0.6 is 0 Å². The number of nitrogens with zero attached hydrogens (tertiary/aromatic N) is 3. The Morgan fingerprint density at radius 1 is 1.44 bits per heavy atom. The number of anilines is 1. The van der Waals surface area contributed by atoms with Crippen LogP contribution in [0.25, 0.3) is 0 Å². The van der Waals surface area contributed by atoms with Gasteiger partial charge in [-0.1, -0.05) is 0 Å². The second-order valence-corrected chi connectivity index (χ2v) is 3.32. The van der Waals surface area contributed by atoms with Crippen LogP contribution in [0.4, 0.5) is 14.6 Å². The third-order valence-electron chi connectivity index (χ3n) is 2.01. The van der Waals surface area contributed by atoms with Crippen LogP contribution in [-0.4, -0.2) is 14.8 Å². The lowest BCUT2D eigenvalue weighted by Gasteiger charge is -2.04. The fraction of sp³-hybridized carbons (Fsp3) is 0.200. The molecule has 0 bridgehead atoms. The molecule has 4 nitrogen and oxygen atoms in total. The number of halogens is 2. The van der Waals surface area contributed by atoms with Crippen molar-refractivity contribution in [1.82, 2.24) is 14.8 Å². The van der Waals surface area contributed by atoms with Gasteiger partial charge in [0.2, 0.25) is 0 Å². The number of nitrogens with one attached hydrogen (secondary N) is 1. The van der Waals surface area contributed by atoms with Gasteiger partial charge >= 0.3 is 0 Å². The minimum absolute atomic E-state index is 0.0204. The van der Waals surface area contributed by atoms with E-state index in [4.69, 9.17) is 0 Å². The van der Waals surface area contributed by atoms with Gasteiger partial charge in [0.25, 0.3) is 0 Å². The van der Waals surface area contributed by atoms with Gasteiger partial charge in [0.05, 0.1) is 18.4 Å². The molecule has 0 radical (unpaired) electrons. The molecule has 16 heavy (non-hydrogen) atoms. The molecule has 0 amide bonds. The van der Waals surface area contributed by atoms with Crippen molar-refractivity contribution in [2.45, 2.75) is 6.54 Å². The second kappa shape index (κ2) is 4.26. The van der Waals surface area contributed by atoms with Crippen molar-refractivity contribution in [3.63, 3.8) is 0 Å². The van der Waals surface area contributed by atoms with Crippen molar-refractivity contribution in [3.8, 4) is 0 Å². The Kier molecular flexibility index (Phi) is 2.80. The summed E-state index contributed by atoms with van der Waals surface area (Å²) in [6.07, 6.45) is 2.75. The third kappa shape index (κ3) is 2.33. The minimum Gasteiger partial charge on any atom is -0.362 e.